The maximum Gasteiger partial charge on any atom is 0.145 e. The van der Waals surface area contributed by atoms with Gasteiger partial charge in [-0.25, -0.2) is 4.98 Å². The van der Waals surface area contributed by atoms with Crippen LogP contribution in [-0.2, 0) is 0 Å². The Balaban J connectivity index is 1.55. The summed E-state index contributed by atoms with van der Waals surface area (Å²) in [7, 11) is 0. The lowest BCUT2D eigenvalue weighted by Crippen LogP contribution is -1.99. The molecule has 10 aromatic rings. The van der Waals surface area contributed by atoms with Crippen LogP contribution >= 0.6 is 0 Å². The van der Waals surface area contributed by atoms with Crippen LogP contribution in [0.2, 0.25) is 0 Å². The van der Waals surface area contributed by atoms with E-state index < -0.39 is 0 Å². The fraction of sp³-hybridized carbons (Fsp3) is 0. The molecular weight excluding hydrogens is 526 g/mol. The minimum atomic E-state index is 0.936. The number of nitrogens with zero attached hydrogens (tertiary/aromatic N) is 5. The largest absolute Gasteiger partial charge is 0.307 e. The van der Waals surface area contributed by atoms with Gasteiger partial charge < -0.3 is 9.13 Å². The lowest BCUT2D eigenvalue weighted by Gasteiger charge is -2.14. The maximum absolute atomic E-state index is 4.81. The molecule has 0 aliphatic rings. The highest BCUT2D eigenvalue weighted by Crippen LogP contribution is 2.45. The molecule has 5 aromatic carbocycles. The lowest BCUT2D eigenvalue weighted by atomic mass is 10.0. The van der Waals surface area contributed by atoms with Crippen molar-refractivity contribution in [3.63, 3.8) is 0 Å². The van der Waals surface area contributed by atoms with Crippen molar-refractivity contribution >= 4 is 70.9 Å². The number of benzene rings is 5. The van der Waals surface area contributed by atoms with E-state index >= 15 is 0 Å². The smallest absolute Gasteiger partial charge is 0.145 e. The maximum atomic E-state index is 4.81. The standard InChI is InChI=1S/C38H23N5/c1-3-9-24(10-4-1)42-32-14-8-7-13-26(32)27-15-16-29-28-17-18-31-34(30-19-20-39-23-33(30)41-22-21-40-38(31)41)35(28)43(37(29)36(27)42)25-11-5-2-6-12-25/h1-23H. The number of para-hydroxylation sites is 3. The van der Waals surface area contributed by atoms with Crippen LogP contribution in [0.3, 0.4) is 0 Å². The summed E-state index contributed by atoms with van der Waals surface area (Å²) in [6, 6.07) is 41.5. The molecule has 0 aliphatic carbocycles. The van der Waals surface area contributed by atoms with E-state index in [4.69, 9.17) is 4.98 Å². The van der Waals surface area contributed by atoms with Crippen LogP contribution in [0.1, 0.15) is 0 Å². The van der Waals surface area contributed by atoms with Crippen LogP contribution in [-0.4, -0.2) is 23.5 Å². The first kappa shape index (κ1) is 22.7. The van der Waals surface area contributed by atoms with Gasteiger partial charge in [-0.1, -0.05) is 72.8 Å². The van der Waals surface area contributed by atoms with Crippen molar-refractivity contribution in [3.05, 3.63) is 140 Å². The molecule has 0 N–H and O–H groups in total. The van der Waals surface area contributed by atoms with Gasteiger partial charge in [0.15, 0.2) is 0 Å². The SMILES string of the molecule is c1ccc(-n2c3ccccc3c3ccc4c5ccc6c(c7ccncc7n7ccnc67)c5n(-c5ccccc5)c4c32)cc1. The summed E-state index contributed by atoms with van der Waals surface area (Å²) in [6.45, 7) is 0. The minimum absolute atomic E-state index is 0.936. The zero-order valence-corrected chi connectivity index (χ0v) is 23.0. The third kappa shape index (κ3) is 2.90. The van der Waals surface area contributed by atoms with Gasteiger partial charge in [-0.15, -0.1) is 0 Å². The van der Waals surface area contributed by atoms with Gasteiger partial charge in [-0.3, -0.25) is 9.38 Å². The van der Waals surface area contributed by atoms with Gasteiger partial charge in [-0.2, -0.15) is 0 Å². The van der Waals surface area contributed by atoms with Crippen LogP contribution < -0.4 is 0 Å². The molecule has 43 heavy (non-hydrogen) atoms. The van der Waals surface area contributed by atoms with Gasteiger partial charge in [-0.05, 0) is 42.5 Å². The van der Waals surface area contributed by atoms with Gasteiger partial charge in [0.1, 0.15) is 5.65 Å². The Morgan fingerprint density at radius 1 is 0.442 bits per heavy atom. The Kier molecular flexibility index (Phi) is 4.39. The number of hydrogen-bond acceptors (Lipinski definition) is 2. The molecule has 10 rings (SSSR count). The molecule has 5 aromatic heterocycles. The molecule has 200 valence electrons. The Morgan fingerprint density at radius 3 is 1.86 bits per heavy atom. The van der Waals surface area contributed by atoms with Crippen molar-refractivity contribution in [3.8, 4) is 11.4 Å². The van der Waals surface area contributed by atoms with E-state index in [1.807, 2.05) is 24.8 Å². The first-order valence-electron chi connectivity index (χ1n) is 14.5. The molecule has 0 bridgehead atoms. The van der Waals surface area contributed by atoms with E-state index in [0.717, 1.165) is 33.3 Å². The van der Waals surface area contributed by atoms with E-state index in [-0.39, 0.29) is 0 Å². The number of aromatic nitrogens is 5. The fourth-order valence-corrected chi connectivity index (χ4v) is 7.26. The third-order valence-corrected chi connectivity index (χ3v) is 8.96. The van der Waals surface area contributed by atoms with E-state index in [1.165, 1.54) is 49.0 Å². The number of imidazole rings is 1. The Morgan fingerprint density at radius 2 is 1.07 bits per heavy atom. The van der Waals surface area contributed by atoms with E-state index in [9.17, 15) is 0 Å². The summed E-state index contributed by atoms with van der Waals surface area (Å²) in [5.41, 5.74) is 9.01. The van der Waals surface area contributed by atoms with Gasteiger partial charge in [0, 0.05) is 67.7 Å². The second-order valence-electron chi connectivity index (χ2n) is 11.1. The van der Waals surface area contributed by atoms with Crippen molar-refractivity contribution in [2.45, 2.75) is 0 Å². The number of fused-ring (bicyclic) bond motifs is 14. The van der Waals surface area contributed by atoms with Gasteiger partial charge >= 0.3 is 0 Å². The van der Waals surface area contributed by atoms with E-state index in [2.05, 4.69) is 134 Å². The van der Waals surface area contributed by atoms with Crippen LogP contribution in [0.4, 0.5) is 0 Å². The Hall–Kier alpha value is -5.94. The van der Waals surface area contributed by atoms with Crippen molar-refractivity contribution < 1.29 is 0 Å². The lowest BCUT2D eigenvalue weighted by molar-refractivity contribution is 1.15. The normalized spacial score (nSPS) is 12.2. The first-order chi connectivity index (χ1) is 21.4. The molecule has 5 heteroatoms. The van der Waals surface area contributed by atoms with Crippen molar-refractivity contribution in [2.24, 2.45) is 0 Å². The average molecular weight is 550 g/mol. The van der Waals surface area contributed by atoms with E-state index in [1.54, 1.807) is 0 Å². The monoisotopic (exact) mass is 549 g/mol. The molecular formula is C38H23N5. The van der Waals surface area contributed by atoms with Gasteiger partial charge in [0.25, 0.3) is 0 Å². The van der Waals surface area contributed by atoms with Crippen LogP contribution in [0, 0.1) is 0 Å². The minimum Gasteiger partial charge on any atom is -0.307 e. The molecule has 5 heterocycles. The van der Waals surface area contributed by atoms with Crippen molar-refractivity contribution in [2.75, 3.05) is 0 Å². The van der Waals surface area contributed by atoms with Crippen molar-refractivity contribution in [1.82, 2.24) is 23.5 Å². The summed E-state index contributed by atoms with van der Waals surface area (Å²) in [5.74, 6) is 0. The topological polar surface area (TPSA) is 40.1 Å². The molecule has 5 nitrogen and oxygen atoms in total. The zero-order chi connectivity index (χ0) is 28.1. The highest BCUT2D eigenvalue weighted by atomic mass is 15.0. The highest BCUT2D eigenvalue weighted by molar-refractivity contribution is 6.31. The molecule has 0 aliphatic heterocycles. The second kappa shape index (κ2) is 8.30. The molecule has 0 radical (unpaired) electrons. The average Bonchev–Trinajstić information content (AvgIpc) is 3.78. The molecule has 0 saturated heterocycles. The number of pyridine rings is 2. The highest BCUT2D eigenvalue weighted by Gasteiger charge is 2.23. The van der Waals surface area contributed by atoms with Crippen molar-refractivity contribution in [1.29, 1.82) is 0 Å². The molecule has 0 spiro atoms. The predicted molar refractivity (Wildman–Crippen MR) is 177 cm³/mol. The molecule has 0 amide bonds. The second-order valence-corrected chi connectivity index (χ2v) is 11.1. The predicted octanol–water partition coefficient (Wildman–Crippen LogP) is 9.23. The molecule has 0 atom stereocenters. The summed E-state index contributed by atoms with van der Waals surface area (Å²) in [5, 5.41) is 8.38. The van der Waals surface area contributed by atoms with E-state index in [0.29, 0.717) is 0 Å². The zero-order valence-electron chi connectivity index (χ0n) is 23.0. The first-order valence-corrected chi connectivity index (χ1v) is 14.5. The fourth-order valence-electron chi connectivity index (χ4n) is 7.26. The Labute approximate surface area is 245 Å². The molecule has 0 saturated carbocycles. The Bertz CT molecular complexity index is 2710. The molecule has 0 unspecified atom stereocenters. The summed E-state index contributed by atoms with van der Waals surface area (Å²) >= 11 is 0. The van der Waals surface area contributed by atoms with Crippen LogP contribution in [0.5, 0.6) is 0 Å². The summed E-state index contributed by atoms with van der Waals surface area (Å²) < 4.78 is 7.06. The summed E-state index contributed by atoms with van der Waals surface area (Å²) in [4.78, 5) is 9.32. The van der Waals surface area contributed by atoms with Gasteiger partial charge in [0.2, 0.25) is 0 Å². The number of hydrogen-bond donors (Lipinski definition) is 0. The number of rotatable bonds is 2. The summed E-state index contributed by atoms with van der Waals surface area (Å²) in [6.07, 6.45) is 7.74. The molecule has 0 fully saturated rings. The van der Waals surface area contributed by atoms with Gasteiger partial charge in [0.05, 0.1) is 33.8 Å². The van der Waals surface area contributed by atoms with Crippen LogP contribution in [0.25, 0.3) is 82.3 Å². The quantitative estimate of drug-likeness (QED) is 0.202. The van der Waals surface area contributed by atoms with Crippen LogP contribution in [0.15, 0.2) is 140 Å². The third-order valence-electron chi connectivity index (χ3n) is 8.96.